The molecule has 0 atom stereocenters. The summed E-state index contributed by atoms with van der Waals surface area (Å²) < 4.78 is 15.7. The third-order valence-corrected chi connectivity index (χ3v) is 11.6. The molecule has 0 aliphatic carbocycles. The van der Waals surface area contributed by atoms with Crippen molar-refractivity contribution in [2.45, 2.75) is 0 Å². The highest BCUT2D eigenvalue weighted by Crippen LogP contribution is 2.47. The number of aromatic nitrogens is 1. The number of furan rings is 2. The minimum atomic E-state index is 0.848. The van der Waals surface area contributed by atoms with Crippen molar-refractivity contribution in [1.29, 1.82) is 0 Å². The van der Waals surface area contributed by atoms with Crippen LogP contribution in [0.4, 0.5) is 17.1 Å². The SMILES string of the molecule is c1ccc(-c2ccc3oc4ccc(N(c5cccc(-n6c7ccccc7c7ccccc76)c5)c5ccc(-c6ccccc6)c6oc7ccccc7c56)cc4c3c2)cc1. The van der Waals surface area contributed by atoms with Crippen LogP contribution in [0.25, 0.3) is 93.6 Å². The lowest BCUT2D eigenvalue weighted by atomic mass is 9.99. The van der Waals surface area contributed by atoms with Crippen molar-refractivity contribution >= 4 is 82.7 Å². The van der Waals surface area contributed by atoms with Gasteiger partial charge in [-0.1, -0.05) is 127 Å². The van der Waals surface area contributed by atoms with Gasteiger partial charge in [-0.2, -0.15) is 0 Å². The van der Waals surface area contributed by atoms with Gasteiger partial charge in [0.05, 0.1) is 22.1 Å². The first-order valence-corrected chi connectivity index (χ1v) is 19.7. The van der Waals surface area contributed by atoms with Crippen LogP contribution in [0.5, 0.6) is 0 Å². The Balaban J connectivity index is 1.14. The zero-order chi connectivity index (χ0) is 38.2. The predicted octanol–water partition coefficient (Wildman–Crippen LogP) is 15.4. The lowest BCUT2D eigenvalue weighted by Gasteiger charge is -2.27. The molecule has 272 valence electrons. The molecule has 0 aliphatic rings. The summed E-state index contributed by atoms with van der Waals surface area (Å²) in [6.45, 7) is 0. The number of hydrogen-bond donors (Lipinski definition) is 0. The first-order valence-electron chi connectivity index (χ1n) is 19.7. The van der Waals surface area contributed by atoms with Gasteiger partial charge >= 0.3 is 0 Å². The summed E-state index contributed by atoms with van der Waals surface area (Å²) in [7, 11) is 0. The molecule has 0 amide bonds. The second kappa shape index (κ2) is 12.9. The smallest absolute Gasteiger partial charge is 0.145 e. The van der Waals surface area contributed by atoms with Crippen LogP contribution in [0.2, 0.25) is 0 Å². The van der Waals surface area contributed by atoms with E-state index in [1.807, 2.05) is 6.07 Å². The summed E-state index contributed by atoms with van der Waals surface area (Å²) in [4.78, 5) is 2.38. The standard InChI is InChI=1S/C54H34N2O2/c1-3-14-35(15-4-1)37-26-30-51-45(32-37)46-34-40(27-31-52(46)57-51)55(38-18-13-19-39(33-38)56-47-23-10-7-20-42(47)43-21-8-11-24-48(43)56)49-29-28-41(36-16-5-2-6-17-36)54-53(49)44-22-9-12-25-50(44)58-54/h1-34H. The fourth-order valence-electron chi connectivity index (χ4n) is 8.96. The van der Waals surface area contributed by atoms with Gasteiger partial charge in [-0.05, 0) is 95.6 Å². The second-order valence-corrected chi connectivity index (χ2v) is 14.9. The maximum atomic E-state index is 6.80. The van der Waals surface area contributed by atoms with Gasteiger partial charge in [0.1, 0.15) is 22.3 Å². The maximum Gasteiger partial charge on any atom is 0.145 e. The highest BCUT2D eigenvalue weighted by atomic mass is 16.3. The van der Waals surface area contributed by atoms with Crippen molar-refractivity contribution < 1.29 is 8.83 Å². The summed E-state index contributed by atoms with van der Waals surface area (Å²) in [6, 6.07) is 73.2. The van der Waals surface area contributed by atoms with E-state index in [2.05, 4.69) is 210 Å². The summed E-state index contributed by atoms with van der Waals surface area (Å²) in [5.74, 6) is 0. The molecule has 0 unspecified atom stereocenters. The Morgan fingerprint density at radius 1 is 0.362 bits per heavy atom. The molecule has 12 aromatic rings. The Kier molecular flexibility index (Phi) is 7.20. The van der Waals surface area contributed by atoms with E-state index in [1.54, 1.807) is 0 Å². The van der Waals surface area contributed by atoms with Crippen LogP contribution in [-0.2, 0) is 0 Å². The van der Waals surface area contributed by atoms with Gasteiger partial charge in [-0.3, -0.25) is 0 Å². The average Bonchev–Trinajstić information content (AvgIpc) is 3.97. The van der Waals surface area contributed by atoms with Crippen LogP contribution < -0.4 is 4.90 Å². The Bertz CT molecular complexity index is 3470. The van der Waals surface area contributed by atoms with Crippen LogP contribution in [-0.4, -0.2) is 4.57 Å². The fourth-order valence-corrected chi connectivity index (χ4v) is 8.96. The van der Waals surface area contributed by atoms with Crippen LogP contribution in [0.1, 0.15) is 0 Å². The first kappa shape index (κ1) is 32.4. The quantitative estimate of drug-likeness (QED) is 0.170. The molecule has 0 aliphatic heterocycles. The van der Waals surface area contributed by atoms with Crippen molar-refractivity contribution in [2.24, 2.45) is 0 Å². The second-order valence-electron chi connectivity index (χ2n) is 14.9. The molecule has 12 rings (SSSR count). The van der Waals surface area contributed by atoms with Crippen molar-refractivity contribution in [2.75, 3.05) is 4.90 Å². The van der Waals surface area contributed by atoms with Crippen molar-refractivity contribution in [3.63, 3.8) is 0 Å². The number of para-hydroxylation sites is 3. The van der Waals surface area contributed by atoms with E-state index in [4.69, 9.17) is 8.83 Å². The molecule has 0 saturated carbocycles. The Morgan fingerprint density at radius 3 is 1.72 bits per heavy atom. The highest BCUT2D eigenvalue weighted by Gasteiger charge is 2.24. The molecule has 4 nitrogen and oxygen atoms in total. The first-order chi connectivity index (χ1) is 28.8. The zero-order valence-electron chi connectivity index (χ0n) is 31.3. The molecule has 4 heteroatoms. The number of rotatable bonds is 6. The third-order valence-electron chi connectivity index (χ3n) is 11.6. The molecule has 0 fully saturated rings. The van der Waals surface area contributed by atoms with Gasteiger partial charge in [-0.25, -0.2) is 0 Å². The van der Waals surface area contributed by atoms with Gasteiger partial charge in [0.15, 0.2) is 0 Å². The maximum absolute atomic E-state index is 6.80. The van der Waals surface area contributed by atoms with Crippen LogP contribution >= 0.6 is 0 Å². The van der Waals surface area contributed by atoms with E-state index in [0.717, 1.165) is 83.3 Å². The molecule has 0 spiro atoms. The molecule has 3 heterocycles. The normalized spacial score (nSPS) is 11.8. The van der Waals surface area contributed by atoms with Crippen LogP contribution in [0, 0.1) is 0 Å². The molecule has 0 N–H and O–H groups in total. The van der Waals surface area contributed by atoms with Crippen molar-refractivity contribution in [3.05, 3.63) is 206 Å². The summed E-state index contributed by atoms with van der Waals surface area (Å²) >= 11 is 0. The lowest BCUT2D eigenvalue weighted by molar-refractivity contribution is 0.669. The molecular weight excluding hydrogens is 709 g/mol. The van der Waals surface area contributed by atoms with Gasteiger partial charge in [-0.15, -0.1) is 0 Å². The third kappa shape index (κ3) is 5.02. The largest absolute Gasteiger partial charge is 0.456 e. The Hall–Kier alpha value is -7.82. The predicted molar refractivity (Wildman–Crippen MR) is 241 cm³/mol. The Labute approximate surface area is 334 Å². The fraction of sp³-hybridized carbons (Fsp3) is 0. The van der Waals surface area contributed by atoms with Crippen LogP contribution in [0.3, 0.4) is 0 Å². The number of benzene rings is 9. The van der Waals surface area contributed by atoms with Gasteiger partial charge in [0.2, 0.25) is 0 Å². The summed E-state index contributed by atoms with van der Waals surface area (Å²) in [5, 5.41) is 6.73. The van der Waals surface area contributed by atoms with E-state index in [0.29, 0.717) is 0 Å². The Morgan fingerprint density at radius 2 is 0.966 bits per heavy atom. The van der Waals surface area contributed by atoms with Gasteiger partial charge in [0, 0.05) is 49.6 Å². The van der Waals surface area contributed by atoms with E-state index < -0.39 is 0 Å². The highest BCUT2D eigenvalue weighted by molar-refractivity contribution is 6.18. The zero-order valence-corrected chi connectivity index (χ0v) is 31.3. The molecule has 0 radical (unpaired) electrons. The minimum Gasteiger partial charge on any atom is -0.456 e. The van der Waals surface area contributed by atoms with E-state index in [-0.39, 0.29) is 0 Å². The lowest BCUT2D eigenvalue weighted by Crippen LogP contribution is -2.11. The van der Waals surface area contributed by atoms with E-state index in [1.165, 1.54) is 27.4 Å². The molecule has 3 aromatic heterocycles. The average molecular weight is 743 g/mol. The molecule has 0 saturated heterocycles. The molecule has 58 heavy (non-hydrogen) atoms. The van der Waals surface area contributed by atoms with Gasteiger partial charge in [0.25, 0.3) is 0 Å². The topological polar surface area (TPSA) is 34.5 Å². The molecule has 9 aromatic carbocycles. The van der Waals surface area contributed by atoms with Gasteiger partial charge < -0.3 is 18.3 Å². The molecule has 0 bridgehead atoms. The van der Waals surface area contributed by atoms with Crippen LogP contribution in [0.15, 0.2) is 215 Å². The molecular formula is C54H34N2O2. The number of hydrogen-bond acceptors (Lipinski definition) is 3. The van der Waals surface area contributed by atoms with E-state index >= 15 is 0 Å². The number of nitrogens with zero attached hydrogens (tertiary/aromatic N) is 2. The monoisotopic (exact) mass is 742 g/mol. The van der Waals surface area contributed by atoms with Crippen molar-refractivity contribution in [1.82, 2.24) is 4.57 Å². The van der Waals surface area contributed by atoms with Crippen molar-refractivity contribution in [3.8, 4) is 27.9 Å². The minimum absolute atomic E-state index is 0.848. The summed E-state index contributed by atoms with van der Waals surface area (Å²) in [5.41, 5.74) is 14.4. The number of anilines is 3. The summed E-state index contributed by atoms with van der Waals surface area (Å²) in [6.07, 6.45) is 0. The number of fused-ring (bicyclic) bond motifs is 9. The van der Waals surface area contributed by atoms with E-state index in [9.17, 15) is 0 Å².